The van der Waals surface area contributed by atoms with Gasteiger partial charge in [-0.2, -0.15) is 0 Å². The third kappa shape index (κ3) is 6.35. The van der Waals surface area contributed by atoms with Crippen molar-refractivity contribution in [3.8, 4) is 22.9 Å². The Morgan fingerprint density at radius 1 is 0.900 bits per heavy atom. The first kappa shape index (κ1) is 34.1. The maximum Gasteiger partial charge on any atom is 0.297 e. The lowest BCUT2D eigenvalue weighted by molar-refractivity contribution is -0.139. The first-order valence-corrected chi connectivity index (χ1v) is 16.2. The topological polar surface area (TPSA) is 154 Å². The van der Waals surface area contributed by atoms with Crippen molar-refractivity contribution in [3.63, 3.8) is 0 Å². The molecule has 0 aliphatic carbocycles. The Hall–Kier alpha value is -5.79. The molecule has 1 amide bonds. The third-order valence-electron chi connectivity index (χ3n) is 8.91. The Morgan fingerprint density at radius 2 is 1.54 bits per heavy atom. The SMILES string of the molecule is COc1cccn(-c2ccc(CN3C(=O)[C@](O)([C@H](C)/C=C/CCn4cc(CCO)nn4)c4cc(-n5cccc(OC)c5=O)ccc43)cc2)c1=O. The van der Waals surface area contributed by atoms with E-state index in [2.05, 4.69) is 10.3 Å². The highest BCUT2D eigenvalue weighted by atomic mass is 16.5. The number of pyridine rings is 2. The van der Waals surface area contributed by atoms with E-state index in [0.29, 0.717) is 47.7 Å². The van der Waals surface area contributed by atoms with Gasteiger partial charge in [0.15, 0.2) is 17.1 Å². The number of amides is 1. The van der Waals surface area contributed by atoms with Gasteiger partial charge in [0.25, 0.3) is 17.0 Å². The normalized spacial score (nSPS) is 16.2. The standard InChI is InChI=1S/C37H38N6O7/c1-25(8-4-5-18-40-24-27(17-21-44)38-39-40)37(48)30-22-29(42-20-7-10-33(50-3)35(42)46)15-16-31(30)43(36(37)47)23-26-11-13-28(14-12-26)41-19-6-9-32(49-2)34(41)45/h4,6-16,19-20,22,24-25,44,48H,5,17-18,21,23H2,1-3H3/b8-4+/t25-,37+/m1/s1. The average Bonchev–Trinajstić information content (AvgIpc) is 3.67. The van der Waals surface area contributed by atoms with Crippen LogP contribution in [0.25, 0.3) is 11.4 Å². The minimum Gasteiger partial charge on any atom is -0.491 e. The molecule has 258 valence electrons. The van der Waals surface area contributed by atoms with E-state index in [1.165, 1.54) is 23.4 Å². The number of fused-ring (bicyclic) bond motifs is 1. The summed E-state index contributed by atoms with van der Waals surface area (Å²) in [5.41, 5.74) is 0.843. The zero-order valence-electron chi connectivity index (χ0n) is 28.0. The van der Waals surface area contributed by atoms with Crippen molar-refractivity contribution in [3.05, 3.63) is 135 Å². The van der Waals surface area contributed by atoms with Crippen LogP contribution in [-0.4, -0.2) is 61.1 Å². The van der Waals surface area contributed by atoms with Gasteiger partial charge >= 0.3 is 0 Å². The number of aryl methyl sites for hydroxylation is 1. The molecule has 0 saturated heterocycles. The van der Waals surface area contributed by atoms with E-state index in [1.54, 1.807) is 89.7 Å². The predicted molar refractivity (Wildman–Crippen MR) is 186 cm³/mol. The van der Waals surface area contributed by atoms with Gasteiger partial charge < -0.3 is 24.6 Å². The van der Waals surface area contributed by atoms with Crippen LogP contribution < -0.4 is 25.5 Å². The highest BCUT2D eigenvalue weighted by molar-refractivity contribution is 6.07. The maximum absolute atomic E-state index is 14.3. The molecule has 2 aromatic carbocycles. The smallest absolute Gasteiger partial charge is 0.297 e. The van der Waals surface area contributed by atoms with E-state index < -0.39 is 17.4 Å². The molecule has 50 heavy (non-hydrogen) atoms. The molecule has 5 aromatic rings. The molecule has 0 bridgehead atoms. The Kier molecular flexibility index (Phi) is 9.79. The quantitative estimate of drug-likeness (QED) is 0.179. The predicted octanol–water partition coefficient (Wildman–Crippen LogP) is 3.15. The highest BCUT2D eigenvalue weighted by Gasteiger charge is 2.52. The van der Waals surface area contributed by atoms with E-state index in [1.807, 2.05) is 24.3 Å². The lowest BCUT2D eigenvalue weighted by Crippen LogP contribution is -2.44. The molecule has 0 radical (unpaired) electrons. The molecular formula is C37H38N6O7. The van der Waals surface area contributed by atoms with E-state index in [-0.39, 0.29) is 35.8 Å². The largest absolute Gasteiger partial charge is 0.491 e. The molecule has 13 nitrogen and oxygen atoms in total. The van der Waals surface area contributed by atoms with E-state index in [0.717, 1.165) is 5.56 Å². The first-order chi connectivity index (χ1) is 24.2. The summed E-state index contributed by atoms with van der Waals surface area (Å²) in [5, 5.41) is 29.6. The van der Waals surface area contributed by atoms with Crippen molar-refractivity contribution >= 4 is 11.6 Å². The van der Waals surface area contributed by atoms with Gasteiger partial charge in [-0.05, 0) is 66.6 Å². The van der Waals surface area contributed by atoms with Gasteiger partial charge in [0.2, 0.25) is 0 Å². The lowest BCUT2D eigenvalue weighted by atomic mass is 9.82. The number of allylic oxidation sites excluding steroid dienone is 1. The second-order valence-corrected chi connectivity index (χ2v) is 12.0. The molecular weight excluding hydrogens is 640 g/mol. The zero-order valence-corrected chi connectivity index (χ0v) is 28.0. The Morgan fingerprint density at radius 3 is 2.18 bits per heavy atom. The van der Waals surface area contributed by atoms with Gasteiger partial charge in [-0.15, -0.1) is 5.10 Å². The molecule has 2 N–H and O–H groups in total. The van der Waals surface area contributed by atoms with Crippen LogP contribution in [0.3, 0.4) is 0 Å². The van der Waals surface area contributed by atoms with Gasteiger partial charge in [-0.25, -0.2) is 0 Å². The van der Waals surface area contributed by atoms with Crippen LogP contribution in [0.15, 0.2) is 107 Å². The monoisotopic (exact) mass is 678 g/mol. The number of carbonyl (C=O) groups excluding carboxylic acids is 1. The van der Waals surface area contributed by atoms with Crippen molar-refractivity contribution in [1.29, 1.82) is 0 Å². The molecule has 0 spiro atoms. The summed E-state index contributed by atoms with van der Waals surface area (Å²) in [5.74, 6) is -0.774. The van der Waals surface area contributed by atoms with E-state index in [4.69, 9.17) is 14.6 Å². The lowest BCUT2D eigenvalue weighted by Gasteiger charge is -2.28. The molecule has 13 heteroatoms. The second kappa shape index (κ2) is 14.4. The summed E-state index contributed by atoms with van der Waals surface area (Å²) in [4.78, 5) is 41.7. The van der Waals surface area contributed by atoms with Crippen molar-refractivity contribution in [2.75, 3.05) is 25.7 Å². The summed E-state index contributed by atoms with van der Waals surface area (Å²) in [6.45, 7) is 2.45. The molecule has 3 aromatic heterocycles. The molecule has 0 fully saturated rings. The van der Waals surface area contributed by atoms with Crippen molar-refractivity contribution in [2.45, 2.75) is 38.5 Å². The van der Waals surface area contributed by atoms with Gasteiger partial charge in [0.05, 0.1) is 32.1 Å². The summed E-state index contributed by atoms with van der Waals surface area (Å²) in [6, 6.07) is 19.0. The van der Waals surface area contributed by atoms with Crippen molar-refractivity contribution < 1.29 is 24.5 Å². The highest BCUT2D eigenvalue weighted by Crippen LogP contribution is 2.46. The van der Waals surface area contributed by atoms with Crippen LogP contribution in [-0.2, 0) is 29.9 Å². The number of anilines is 1. The number of benzene rings is 2. The zero-order chi connectivity index (χ0) is 35.4. The number of aliphatic hydroxyl groups is 2. The molecule has 2 atom stereocenters. The Bertz CT molecular complexity index is 2150. The number of aromatic nitrogens is 5. The summed E-state index contributed by atoms with van der Waals surface area (Å²) < 4.78 is 15.0. The fourth-order valence-electron chi connectivity index (χ4n) is 6.18. The second-order valence-electron chi connectivity index (χ2n) is 12.0. The molecule has 4 heterocycles. The van der Waals surface area contributed by atoms with Crippen molar-refractivity contribution in [2.24, 2.45) is 5.92 Å². The number of hydrogen-bond acceptors (Lipinski definition) is 9. The number of rotatable bonds is 13. The van der Waals surface area contributed by atoms with Gasteiger partial charge in [0, 0.05) is 61.0 Å². The van der Waals surface area contributed by atoms with Crippen LogP contribution in [0.4, 0.5) is 5.69 Å². The van der Waals surface area contributed by atoms with E-state index >= 15 is 0 Å². The number of carbonyl (C=O) groups is 1. The minimum absolute atomic E-state index is 0.00857. The van der Waals surface area contributed by atoms with Crippen molar-refractivity contribution in [1.82, 2.24) is 24.1 Å². The van der Waals surface area contributed by atoms with Crippen LogP contribution in [0.5, 0.6) is 11.5 Å². The fourth-order valence-corrected chi connectivity index (χ4v) is 6.18. The number of nitrogens with zero attached hydrogens (tertiary/aromatic N) is 6. The van der Waals surface area contributed by atoms with Crippen LogP contribution in [0.1, 0.15) is 30.2 Å². The number of ether oxygens (including phenoxy) is 2. The third-order valence-corrected chi connectivity index (χ3v) is 8.91. The molecule has 1 aliphatic rings. The molecule has 1 aliphatic heterocycles. The molecule has 0 saturated carbocycles. The van der Waals surface area contributed by atoms with Gasteiger partial charge in [-0.1, -0.05) is 36.4 Å². The first-order valence-electron chi connectivity index (χ1n) is 16.2. The number of hydrogen-bond donors (Lipinski definition) is 2. The average molecular weight is 679 g/mol. The molecule has 6 rings (SSSR count). The number of aliphatic hydroxyl groups excluding tert-OH is 1. The van der Waals surface area contributed by atoms with Gasteiger partial charge in [-0.3, -0.25) is 28.2 Å². The van der Waals surface area contributed by atoms with Gasteiger partial charge in [0.1, 0.15) is 0 Å². The summed E-state index contributed by atoms with van der Waals surface area (Å²) in [6.07, 6.45) is 9.72. The minimum atomic E-state index is -1.94. The van der Waals surface area contributed by atoms with Crippen LogP contribution in [0, 0.1) is 5.92 Å². The Labute approximate surface area is 287 Å². The van der Waals surface area contributed by atoms with E-state index in [9.17, 15) is 19.5 Å². The fraction of sp³-hybridized carbons (Fsp3) is 0.270. The maximum atomic E-state index is 14.3. The summed E-state index contributed by atoms with van der Waals surface area (Å²) >= 11 is 0. The Balaban J connectivity index is 1.31. The molecule has 0 unspecified atom stereocenters. The van der Waals surface area contributed by atoms with Crippen LogP contribution >= 0.6 is 0 Å². The summed E-state index contributed by atoms with van der Waals surface area (Å²) in [7, 11) is 2.87. The van der Waals surface area contributed by atoms with Crippen LogP contribution in [0.2, 0.25) is 0 Å². The number of methoxy groups -OCH3 is 2.